The van der Waals surface area contributed by atoms with Gasteiger partial charge in [0.05, 0.1) is 16.3 Å². The lowest BCUT2D eigenvalue weighted by Gasteiger charge is -2.37. The number of nitro benzene ring substituents is 1. The number of anilines is 3. The average molecular weight is 587 g/mol. The molecule has 2 amide bonds. The molecule has 4 rings (SSSR count). The van der Waals surface area contributed by atoms with Crippen molar-refractivity contribution in [3.05, 3.63) is 57.1 Å². The molecule has 10 nitrogen and oxygen atoms in total. The van der Waals surface area contributed by atoms with Gasteiger partial charge in [-0.2, -0.15) is 0 Å². The summed E-state index contributed by atoms with van der Waals surface area (Å²) in [7, 11) is 0. The molecule has 40 heavy (non-hydrogen) atoms. The predicted octanol–water partition coefficient (Wildman–Crippen LogP) is 5.06. The molecule has 2 heterocycles. The first-order valence-electron chi connectivity index (χ1n) is 13.6. The van der Waals surface area contributed by atoms with Crippen molar-refractivity contribution < 1.29 is 14.5 Å². The van der Waals surface area contributed by atoms with Crippen molar-refractivity contribution in [3.63, 3.8) is 0 Å². The number of nitro groups is 1. The summed E-state index contributed by atoms with van der Waals surface area (Å²) in [6, 6.07) is 9.90. The van der Waals surface area contributed by atoms with Crippen molar-refractivity contribution in [3.8, 4) is 0 Å². The zero-order chi connectivity index (χ0) is 28.8. The van der Waals surface area contributed by atoms with Crippen molar-refractivity contribution in [1.29, 1.82) is 0 Å². The highest BCUT2D eigenvalue weighted by Crippen LogP contribution is 2.32. The van der Waals surface area contributed by atoms with Gasteiger partial charge in [0, 0.05) is 62.3 Å². The van der Waals surface area contributed by atoms with Crippen LogP contribution < -0.4 is 20.4 Å². The molecule has 0 radical (unpaired) electrons. The summed E-state index contributed by atoms with van der Waals surface area (Å²) in [4.78, 5) is 42.8. The lowest BCUT2D eigenvalue weighted by atomic mass is 10.1. The Hall–Kier alpha value is -3.44. The van der Waals surface area contributed by atoms with E-state index in [0.29, 0.717) is 54.9 Å². The molecular weight excluding hydrogens is 552 g/mol. The number of piperazine rings is 1. The normalized spacial score (nSPS) is 15.7. The number of nitrogens with zero attached hydrogens (tertiary/aromatic N) is 4. The van der Waals surface area contributed by atoms with E-state index >= 15 is 0 Å². The van der Waals surface area contributed by atoms with Crippen LogP contribution in [-0.4, -0.2) is 66.0 Å². The molecule has 0 spiro atoms. The van der Waals surface area contributed by atoms with Crippen LogP contribution in [0.15, 0.2) is 36.4 Å². The minimum Gasteiger partial charge on any atom is -0.366 e. The maximum Gasteiger partial charge on any atom is 0.293 e. The number of benzene rings is 2. The summed E-state index contributed by atoms with van der Waals surface area (Å²) >= 11 is 11.7. The molecule has 0 aromatic heterocycles. The predicted molar refractivity (Wildman–Crippen MR) is 163 cm³/mol. The van der Waals surface area contributed by atoms with Gasteiger partial charge in [-0.3, -0.25) is 25.0 Å². The van der Waals surface area contributed by atoms with Crippen molar-refractivity contribution in [2.75, 3.05) is 54.4 Å². The van der Waals surface area contributed by atoms with Crippen LogP contribution in [0.25, 0.3) is 0 Å². The van der Waals surface area contributed by atoms with Crippen LogP contribution >= 0.6 is 23.8 Å². The highest BCUT2D eigenvalue weighted by atomic mass is 35.5. The number of carbonyl (C=O) groups is 2. The lowest BCUT2D eigenvalue weighted by molar-refractivity contribution is -0.384. The zero-order valence-electron chi connectivity index (χ0n) is 22.8. The minimum absolute atomic E-state index is 0.0435. The van der Waals surface area contributed by atoms with E-state index in [1.54, 1.807) is 24.3 Å². The van der Waals surface area contributed by atoms with Gasteiger partial charge in [0.15, 0.2) is 5.11 Å². The van der Waals surface area contributed by atoms with Crippen LogP contribution in [0.3, 0.4) is 0 Å². The van der Waals surface area contributed by atoms with E-state index in [4.69, 9.17) is 23.8 Å². The average Bonchev–Trinajstić information content (AvgIpc) is 2.93. The van der Waals surface area contributed by atoms with Gasteiger partial charge in [-0.25, -0.2) is 0 Å². The molecular formula is C28H35ClN6O4S. The van der Waals surface area contributed by atoms with E-state index in [1.165, 1.54) is 6.07 Å². The molecule has 0 bridgehead atoms. The van der Waals surface area contributed by atoms with Crippen LogP contribution in [-0.2, 0) is 4.79 Å². The third-order valence-electron chi connectivity index (χ3n) is 7.12. The fraction of sp³-hybridized carbons (Fsp3) is 0.464. The second kappa shape index (κ2) is 13.3. The molecule has 0 aliphatic carbocycles. The Morgan fingerprint density at radius 1 is 0.975 bits per heavy atom. The molecule has 0 saturated carbocycles. The van der Waals surface area contributed by atoms with Gasteiger partial charge in [-0.1, -0.05) is 25.4 Å². The smallest absolute Gasteiger partial charge is 0.293 e. The fourth-order valence-corrected chi connectivity index (χ4v) is 5.48. The first kappa shape index (κ1) is 29.5. The lowest BCUT2D eigenvalue weighted by Crippen LogP contribution is -2.49. The van der Waals surface area contributed by atoms with Crippen LogP contribution in [0.5, 0.6) is 0 Å². The van der Waals surface area contributed by atoms with Crippen LogP contribution in [0, 0.1) is 16.0 Å². The quantitative estimate of drug-likeness (QED) is 0.263. The monoisotopic (exact) mass is 586 g/mol. The second-order valence-electron chi connectivity index (χ2n) is 10.5. The molecule has 2 saturated heterocycles. The number of amides is 2. The molecule has 2 N–H and O–H groups in total. The van der Waals surface area contributed by atoms with Crippen molar-refractivity contribution in [1.82, 2.24) is 10.2 Å². The van der Waals surface area contributed by atoms with Gasteiger partial charge in [0.1, 0.15) is 5.69 Å². The van der Waals surface area contributed by atoms with E-state index in [1.807, 2.05) is 29.7 Å². The van der Waals surface area contributed by atoms with Gasteiger partial charge in [0.25, 0.3) is 11.6 Å². The van der Waals surface area contributed by atoms with E-state index in [2.05, 4.69) is 15.5 Å². The first-order chi connectivity index (χ1) is 19.1. The first-order valence-corrected chi connectivity index (χ1v) is 14.4. The third kappa shape index (κ3) is 7.39. The molecule has 2 aromatic carbocycles. The summed E-state index contributed by atoms with van der Waals surface area (Å²) in [6.45, 7) is 8.10. The highest BCUT2D eigenvalue weighted by molar-refractivity contribution is 7.80. The number of carbonyl (C=O) groups excluding carboxylic acids is 2. The molecule has 0 atom stereocenters. The molecule has 2 aliphatic rings. The standard InChI is InChI=1S/C28H35ClN6O4S/c1-19(2)16-26(36)34-14-12-33(13-15-34)23-9-7-21(29)18-22(23)30-28(40)31-27(37)20-6-8-24(25(17-20)35(38)39)32-10-4-3-5-11-32/h6-9,17-19H,3-5,10-16H2,1-2H3,(H2,30,31,37,40). The summed E-state index contributed by atoms with van der Waals surface area (Å²) in [5, 5.41) is 18.0. The second-order valence-corrected chi connectivity index (χ2v) is 11.4. The van der Waals surface area contributed by atoms with Crippen LogP contribution in [0.4, 0.5) is 22.7 Å². The Kier molecular flexibility index (Phi) is 9.80. The highest BCUT2D eigenvalue weighted by Gasteiger charge is 2.25. The van der Waals surface area contributed by atoms with Gasteiger partial charge in [-0.05, 0) is 67.7 Å². The van der Waals surface area contributed by atoms with Gasteiger partial charge < -0.3 is 20.0 Å². The molecule has 2 fully saturated rings. The number of hydrogen-bond acceptors (Lipinski definition) is 7. The number of piperidine rings is 1. The number of halogens is 1. The molecule has 12 heteroatoms. The summed E-state index contributed by atoms with van der Waals surface area (Å²) in [6.07, 6.45) is 3.61. The summed E-state index contributed by atoms with van der Waals surface area (Å²) in [5.41, 5.74) is 2.03. The van der Waals surface area contributed by atoms with Crippen LogP contribution in [0.1, 0.15) is 49.9 Å². The van der Waals surface area contributed by atoms with Crippen molar-refractivity contribution >= 4 is 63.5 Å². The van der Waals surface area contributed by atoms with Crippen LogP contribution in [0.2, 0.25) is 5.02 Å². The van der Waals surface area contributed by atoms with E-state index < -0.39 is 10.8 Å². The Balaban J connectivity index is 1.42. The maximum atomic E-state index is 13.0. The van der Waals surface area contributed by atoms with Gasteiger partial charge in [-0.15, -0.1) is 0 Å². The number of thiocarbonyl (C=S) groups is 1. The number of hydrogen-bond donors (Lipinski definition) is 2. The van der Waals surface area contributed by atoms with Crippen molar-refractivity contribution in [2.24, 2.45) is 5.92 Å². The summed E-state index contributed by atoms with van der Waals surface area (Å²) in [5.74, 6) is -0.0728. The van der Waals surface area contributed by atoms with Gasteiger partial charge >= 0.3 is 0 Å². The maximum absolute atomic E-state index is 13.0. The van der Waals surface area contributed by atoms with E-state index in [-0.39, 0.29) is 22.3 Å². The Morgan fingerprint density at radius 3 is 2.27 bits per heavy atom. The largest absolute Gasteiger partial charge is 0.366 e. The topological polar surface area (TPSA) is 111 Å². The fourth-order valence-electron chi connectivity index (χ4n) is 5.10. The summed E-state index contributed by atoms with van der Waals surface area (Å²) < 4.78 is 0. The molecule has 0 unspecified atom stereocenters. The van der Waals surface area contributed by atoms with E-state index in [9.17, 15) is 19.7 Å². The zero-order valence-corrected chi connectivity index (χ0v) is 24.4. The van der Waals surface area contributed by atoms with E-state index in [0.717, 1.165) is 38.0 Å². The Bertz CT molecular complexity index is 1280. The molecule has 2 aliphatic heterocycles. The number of nitrogens with one attached hydrogen (secondary N) is 2. The van der Waals surface area contributed by atoms with Gasteiger partial charge in [0.2, 0.25) is 5.91 Å². The Labute approximate surface area is 244 Å². The SMILES string of the molecule is CC(C)CC(=O)N1CCN(c2ccc(Cl)cc2NC(=S)NC(=O)c2ccc(N3CCCCC3)c([N+](=O)[O-])c2)CC1. The third-order valence-corrected chi connectivity index (χ3v) is 7.56. The Morgan fingerprint density at radius 2 is 1.62 bits per heavy atom. The minimum atomic E-state index is -0.549. The molecule has 214 valence electrons. The van der Waals surface area contributed by atoms with Crippen molar-refractivity contribution in [2.45, 2.75) is 39.5 Å². The molecule has 2 aromatic rings. The number of rotatable bonds is 7.